The lowest BCUT2D eigenvalue weighted by Crippen LogP contribution is -2.31. The lowest BCUT2D eigenvalue weighted by Gasteiger charge is -2.18. The van der Waals surface area contributed by atoms with Gasteiger partial charge in [0, 0.05) is 12.6 Å². The summed E-state index contributed by atoms with van der Waals surface area (Å²) in [6.45, 7) is 4.58. The first kappa shape index (κ1) is 9.78. The second kappa shape index (κ2) is 4.65. The summed E-state index contributed by atoms with van der Waals surface area (Å²) in [7, 11) is 2.03. The van der Waals surface area contributed by atoms with Gasteiger partial charge in [0.15, 0.2) is 0 Å². The van der Waals surface area contributed by atoms with E-state index < -0.39 is 0 Å². The number of rotatable bonds is 3. The highest BCUT2D eigenvalue weighted by Gasteiger charge is 2.26. The molecule has 0 saturated carbocycles. The maximum atomic E-state index is 5.94. The Bertz CT molecular complexity index is 179. The fourth-order valence-electron chi connectivity index (χ4n) is 1.29. The van der Waals surface area contributed by atoms with E-state index in [0.29, 0.717) is 6.04 Å². The topological polar surface area (TPSA) is 15.3 Å². The van der Waals surface area contributed by atoms with Crippen LogP contribution in [0.1, 0.15) is 6.42 Å². The molecular formula is C9H15ClN2. The number of alkyl halides is 1. The van der Waals surface area contributed by atoms with Crippen LogP contribution in [-0.2, 0) is 0 Å². The van der Waals surface area contributed by atoms with Gasteiger partial charge in [-0.2, -0.15) is 0 Å². The SMILES string of the molecule is C=C/C=C\CC1CN[C@H](Cl)N1C. The second-order valence-electron chi connectivity index (χ2n) is 2.96. The first-order valence-electron chi connectivity index (χ1n) is 4.12. The highest BCUT2D eigenvalue weighted by molar-refractivity contribution is 6.20. The number of nitrogens with zero attached hydrogens (tertiary/aromatic N) is 1. The van der Waals surface area contributed by atoms with Crippen molar-refractivity contribution >= 4 is 11.6 Å². The average Bonchev–Trinajstić information content (AvgIpc) is 2.36. The van der Waals surface area contributed by atoms with Gasteiger partial charge in [0.05, 0.1) is 0 Å². The molecule has 68 valence electrons. The Morgan fingerprint density at radius 1 is 1.75 bits per heavy atom. The molecule has 12 heavy (non-hydrogen) atoms. The maximum absolute atomic E-state index is 5.94. The van der Waals surface area contributed by atoms with Crippen LogP contribution in [0.5, 0.6) is 0 Å². The van der Waals surface area contributed by atoms with Crippen molar-refractivity contribution in [3.05, 3.63) is 24.8 Å². The Kier molecular flexibility index (Phi) is 3.79. The fourth-order valence-corrected chi connectivity index (χ4v) is 1.54. The Labute approximate surface area is 78.9 Å². The Balaban J connectivity index is 2.33. The number of hydrogen-bond acceptors (Lipinski definition) is 2. The number of hydrogen-bond donors (Lipinski definition) is 1. The second-order valence-corrected chi connectivity index (χ2v) is 3.38. The molecule has 0 radical (unpaired) electrons. The van der Waals surface area contributed by atoms with Crippen molar-refractivity contribution in [2.45, 2.75) is 18.1 Å². The van der Waals surface area contributed by atoms with Crippen LogP contribution < -0.4 is 5.32 Å². The van der Waals surface area contributed by atoms with Crippen LogP contribution >= 0.6 is 11.6 Å². The zero-order valence-corrected chi connectivity index (χ0v) is 8.09. The molecule has 0 aromatic heterocycles. The molecule has 1 saturated heterocycles. The monoisotopic (exact) mass is 186 g/mol. The molecule has 0 aromatic rings. The smallest absolute Gasteiger partial charge is 0.137 e. The van der Waals surface area contributed by atoms with Crippen molar-refractivity contribution in [1.29, 1.82) is 0 Å². The van der Waals surface area contributed by atoms with E-state index in [1.807, 2.05) is 13.1 Å². The fraction of sp³-hybridized carbons (Fsp3) is 0.556. The summed E-state index contributed by atoms with van der Waals surface area (Å²) in [6, 6.07) is 0.517. The van der Waals surface area contributed by atoms with Gasteiger partial charge in [-0.3, -0.25) is 10.2 Å². The van der Waals surface area contributed by atoms with Crippen LogP contribution in [0.2, 0.25) is 0 Å². The third kappa shape index (κ3) is 2.34. The minimum atomic E-state index is -0.00729. The van der Waals surface area contributed by atoms with Crippen molar-refractivity contribution in [2.75, 3.05) is 13.6 Å². The summed E-state index contributed by atoms with van der Waals surface area (Å²) in [5, 5.41) is 3.18. The predicted octanol–water partition coefficient (Wildman–Crippen LogP) is 1.54. The van der Waals surface area contributed by atoms with Gasteiger partial charge >= 0.3 is 0 Å². The molecule has 1 N–H and O–H groups in total. The molecule has 3 heteroatoms. The number of nitrogens with one attached hydrogen (secondary N) is 1. The number of likely N-dealkylation sites (N-methyl/N-ethyl adjacent to an activating group) is 1. The lowest BCUT2D eigenvalue weighted by molar-refractivity contribution is 0.293. The minimum Gasteiger partial charge on any atom is -0.287 e. The van der Waals surface area contributed by atoms with Crippen LogP contribution in [0.3, 0.4) is 0 Å². The first-order chi connectivity index (χ1) is 5.75. The van der Waals surface area contributed by atoms with E-state index in [1.54, 1.807) is 6.08 Å². The van der Waals surface area contributed by atoms with Crippen LogP contribution in [-0.4, -0.2) is 30.2 Å². The van der Waals surface area contributed by atoms with Gasteiger partial charge in [-0.1, -0.05) is 36.4 Å². The van der Waals surface area contributed by atoms with Gasteiger partial charge in [-0.25, -0.2) is 0 Å². The lowest BCUT2D eigenvalue weighted by atomic mass is 10.2. The van der Waals surface area contributed by atoms with Crippen molar-refractivity contribution in [1.82, 2.24) is 10.2 Å². The summed E-state index contributed by atoms with van der Waals surface area (Å²) in [6.07, 6.45) is 6.90. The van der Waals surface area contributed by atoms with E-state index in [2.05, 4.69) is 22.9 Å². The van der Waals surface area contributed by atoms with Gasteiger partial charge in [0.25, 0.3) is 0 Å². The zero-order chi connectivity index (χ0) is 8.97. The zero-order valence-electron chi connectivity index (χ0n) is 7.33. The highest BCUT2D eigenvalue weighted by Crippen LogP contribution is 2.14. The number of allylic oxidation sites excluding steroid dienone is 2. The van der Waals surface area contributed by atoms with Crippen molar-refractivity contribution in [2.24, 2.45) is 0 Å². The van der Waals surface area contributed by atoms with E-state index in [0.717, 1.165) is 13.0 Å². The molecule has 1 aliphatic rings. The van der Waals surface area contributed by atoms with Gasteiger partial charge in [-0.05, 0) is 13.5 Å². The summed E-state index contributed by atoms with van der Waals surface area (Å²) in [5.74, 6) is 0. The van der Waals surface area contributed by atoms with Crippen LogP contribution in [0.4, 0.5) is 0 Å². The third-order valence-corrected chi connectivity index (χ3v) is 2.60. The molecule has 1 heterocycles. The molecule has 2 atom stereocenters. The molecule has 1 rings (SSSR count). The molecule has 1 fully saturated rings. The molecule has 1 aliphatic heterocycles. The molecule has 1 unspecified atom stereocenters. The summed E-state index contributed by atoms with van der Waals surface area (Å²) in [4.78, 5) is 2.13. The average molecular weight is 187 g/mol. The quantitative estimate of drug-likeness (QED) is 0.409. The predicted molar refractivity (Wildman–Crippen MR) is 53.1 cm³/mol. The number of halogens is 1. The van der Waals surface area contributed by atoms with Crippen molar-refractivity contribution in [3.8, 4) is 0 Å². The van der Waals surface area contributed by atoms with E-state index >= 15 is 0 Å². The van der Waals surface area contributed by atoms with E-state index in [1.165, 1.54) is 0 Å². The largest absolute Gasteiger partial charge is 0.287 e. The van der Waals surface area contributed by atoms with Gasteiger partial charge < -0.3 is 0 Å². The molecule has 2 nitrogen and oxygen atoms in total. The van der Waals surface area contributed by atoms with E-state index in [4.69, 9.17) is 11.6 Å². The van der Waals surface area contributed by atoms with Crippen molar-refractivity contribution in [3.63, 3.8) is 0 Å². The Morgan fingerprint density at radius 3 is 3.00 bits per heavy atom. The highest BCUT2D eigenvalue weighted by atomic mass is 35.5. The molecule has 0 amide bonds. The molecule has 0 aromatic carbocycles. The van der Waals surface area contributed by atoms with E-state index in [9.17, 15) is 0 Å². The first-order valence-corrected chi connectivity index (χ1v) is 4.56. The normalized spacial score (nSPS) is 31.5. The van der Waals surface area contributed by atoms with E-state index in [-0.39, 0.29) is 5.62 Å². The van der Waals surface area contributed by atoms with Gasteiger partial charge in [-0.15, -0.1) is 0 Å². The third-order valence-electron chi connectivity index (χ3n) is 2.14. The maximum Gasteiger partial charge on any atom is 0.137 e. The summed E-state index contributed by atoms with van der Waals surface area (Å²) >= 11 is 5.94. The molecule has 0 aliphatic carbocycles. The van der Waals surface area contributed by atoms with Crippen LogP contribution in [0, 0.1) is 0 Å². The van der Waals surface area contributed by atoms with Gasteiger partial charge in [0.1, 0.15) is 5.62 Å². The molecular weight excluding hydrogens is 172 g/mol. The van der Waals surface area contributed by atoms with Crippen LogP contribution in [0.15, 0.2) is 24.8 Å². The summed E-state index contributed by atoms with van der Waals surface area (Å²) < 4.78 is 0. The van der Waals surface area contributed by atoms with Crippen LogP contribution in [0.25, 0.3) is 0 Å². The summed E-state index contributed by atoms with van der Waals surface area (Å²) in [5.41, 5.74) is -0.00729. The van der Waals surface area contributed by atoms with Crippen molar-refractivity contribution < 1.29 is 0 Å². The van der Waals surface area contributed by atoms with Gasteiger partial charge in [0.2, 0.25) is 0 Å². The molecule has 0 bridgehead atoms. The standard InChI is InChI=1S/C9H15ClN2/c1-3-4-5-6-8-7-11-9(10)12(8)2/h3-5,8-9,11H,1,6-7H2,2H3/b5-4-/t8?,9-/m0/s1. The Morgan fingerprint density at radius 2 is 2.50 bits per heavy atom. The Hall–Kier alpha value is -0.310. The molecule has 0 spiro atoms. The minimum absolute atomic E-state index is 0.00729.